The molecule has 0 spiro atoms. The number of carbonyl (C=O) groups is 3. The van der Waals surface area contributed by atoms with Gasteiger partial charge in [-0.05, 0) is 66.1 Å². The Morgan fingerprint density at radius 2 is 1.74 bits per heavy atom. The highest BCUT2D eigenvalue weighted by Crippen LogP contribution is 2.30. The lowest BCUT2D eigenvalue weighted by atomic mass is 10.1. The topological polar surface area (TPSA) is 94.2 Å². The standard InChI is InChI=1S/C29H26ClFN2O6/c1-3-11-38-25-9-7-18(13-26(25)37-2)16-33-28(35)23(27(34)32-29(33)36)15-20-14-21(30)8-10-24(20)39-17-19-5-4-6-22(31)12-19/h4-10,12-15H,3,11,16-17H2,1-2H3,(H,32,34,36)/b23-15+. The maximum absolute atomic E-state index is 13.5. The van der Waals surface area contributed by atoms with Crippen LogP contribution in [0.4, 0.5) is 9.18 Å². The molecular formula is C29H26ClFN2O6. The number of nitrogens with zero attached hydrogens (tertiary/aromatic N) is 1. The van der Waals surface area contributed by atoms with Gasteiger partial charge >= 0.3 is 6.03 Å². The van der Waals surface area contributed by atoms with Crippen LogP contribution in [0.25, 0.3) is 6.08 Å². The molecule has 1 fully saturated rings. The number of ether oxygens (including phenoxy) is 3. The average molecular weight is 553 g/mol. The number of urea groups is 1. The number of methoxy groups -OCH3 is 1. The number of hydrogen-bond donors (Lipinski definition) is 1. The number of hydrogen-bond acceptors (Lipinski definition) is 6. The van der Waals surface area contributed by atoms with Crippen molar-refractivity contribution in [2.75, 3.05) is 13.7 Å². The molecule has 0 radical (unpaired) electrons. The van der Waals surface area contributed by atoms with Crippen molar-refractivity contribution in [3.63, 3.8) is 0 Å². The van der Waals surface area contributed by atoms with Gasteiger partial charge in [-0.15, -0.1) is 0 Å². The number of imide groups is 2. The zero-order chi connectivity index (χ0) is 27.9. The van der Waals surface area contributed by atoms with Gasteiger partial charge in [0.05, 0.1) is 20.3 Å². The van der Waals surface area contributed by atoms with Crippen LogP contribution in [-0.2, 0) is 22.7 Å². The van der Waals surface area contributed by atoms with Gasteiger partial charge < -0.3 is 14.2 Å². The monoisotopic (exact) mass is 552 g/mol. The molecule has 39 heavy (non-hydrogen) atoms. The Kier molecular flexibility index (Phi) is 8.83. The molecule has 1 aliphatic heterocycles. The predicted octanol–water partition coefficient (Wildman–Crippen LogP) is 5.52. The highest BCUT2D eigenvalue weighted by Gasteiger charge is 2.36. The van der Waals surface area contributed by atoms with Crippen LogP contribution in [0.1, 0.15) is 30.0 Å². The molecule has 10 heteroatoms. The Labute approximate surface area is 229 Å². The van der Waals surface area contributed by atoms with Crippen molar-refractivity contribution < 1.29 is 33.0 Å². The number of carbonyl (C=O) groups excluding carboxylic acids is 3. The Hall–Kier alpha value is -4.37. The molecule has 0 bridgehead atoms. The fourth-order valence-corrected chi connectivity index (χ4v) is 4.05. The molecule has 0 aliphatic carbocycles. The van der Waals surface area contributed by atoms with Gasteiger partial charge in [0.25, 0.3) is 11.8 Å². The van der Waals surface area contributed by atoms with Crippen LogP contribution in [0.15, 0.2) is 66.2 Å². The van der Waals surface area contributed by atoms with Gasteiger partial charge in [0, 0.05) is 10.6 Å². The summed E-state index contributed by atoms with van der Waals surface area (Å²) in [7, 11) is 1.50. The van der Waals surface area contributed by atoms with Gasteiger partial charge in [0.15, 0.2) is 11.5 Å². The second kappa shape index (κ2) is 12.4. The van der Waals surface area contributed by atoms with E-state index in [2.05, 4.69) is 5.32 Å². The molecule has 4 rings (SSSR count). The summed E-state index contributed by atoms with van der Waals surface area (Å²) in [5, 5.41) is 2.55. The molecule has 1 saturated heterocycles. The van der Waals surface area contributed by atoms with E-state index in [1.165, 1.54) is 31.4 Å². The first-order valence-electron chi connectivity index (χ1n) is 12.1. The van der Waals surface area contributed by atoms with E-state index in [-0.39, 0.29) is 18.7 Å². The molecule has 1 N–H and O–H groups in total. The molecule has 4 amide bonds. The molecule has 0 aromatic heterocycles. The Bertz CT molecular complexity index is 1440. The molecule has 0 saturated carbocycles. The van der Waals surface area contributed by atoms with Gasteiger partial charge in [-0.2, -0.15) is 0 Å². The largest absolute Gasteiger partial charge is 0.493 e. The first-order chi connectivity index (χ1) is 18.8. The van der Waals surface area contributed by atoms with Gasteiger partial charge in [0.1, 0.15) is 23.7 Å². The van der Waals surface area contributed by atoms with E-state index in [4.69, 9.17) is 25.8 Å². The summed E-state index contributed by atoms with van der Waals surface area (Å²) in [6, 6.07) is 14.9. The molecule has 3 aromatic carbocycles. The highest BCUT2D eigenvalue weighted by atomic mass is 35.5. The Morgan fingerprint density at radius 3 is 2.49 bits per heavy atom. The Morgan fingerprint density at radius 1 is 0.949 bits per heavy atom. The van der Waals surface area contributed by atoms with Crippen molar-refractivity contribution in [3.8, 4) is 17.2 Å². The summed E-state index contributed by atoms with van der Waals surface area (Å²) in [5.41, 5.74) is 1.25. The predicted molar refractivity (Wildman–Crippen MR) is 143 cm³/mol. The lowest BCUT2D eigenvalue weighted by Crippen LogP contribution is -2.53. The number of halogens is 2. The number of barbiturate groups is 1. The number of benzene rings is 3. The van der Waals surface area contributed by atoms with E-state index < -0.39 is 23.7 Å². The summed E-state index contributed by atoms with van der Waals surface area (Å²) in [6.45, 7) is 2.42. The third-order valence-electron chi connectivity index (χ3n) is 5.77. The lowest BCUT2D eigenvalue weighted by Gasteiger charge is -2.26. The van der Waals surface area contributed by atoms with E-state index in [1.807, 2.05) is 6.92 Å². The van der Waals surface area contributed by atoms with Gasteiger partial charge in [0.2, 0.25) is 0 Å². The van der Waals surface area contributed by atoms with Crippen LogP contribution in [-0.4, -0.2) is 36.5 Å². The molecular weight excluding hydrogens is 527 g/mol. The molecule has 1 heterocycles. The van der Waals surface area contributed by atoms with Crippen LogP contribution in [0, 0.1) is 5.82 Å². The zero-order valence-corrected chi connectivity index (χ0v) is 22.1. The first kappa shape index (κ1) is 27.7. The van der Waals surface area contributed by atoms with Crippen molar-refractivity contribution in [1.29, 1.82) is 0 Å². The van der Waals surface area contributed by atoms with Gasteiger partial charge in [-0.3, -0.25) is 19.8 Å². The van der Waals surface area contributed by atoms with E-state index in [0.717, 1.165) is 11.3 Å². The number of rotatable bonds is 10. The molecule has 3 aromatic rings. The normalized spacial score (nSPS) is 14.4. The summed E-state index contributed by atoms with van der Waals surface area (Å²) >= 11 is 6.17. The minimum Gasteiger partial charge on any atom is -0.493 e. The molecule has 0 unspecified atom stereocenters. The summed E-state index contributed by atoms with van der Waals surface area (Å²) < 4.78 is 30.4. The minimum absolute atomic E-state index is 0.0418. The second-order valence-corrected chi connectivity index (χ2v) is 9.08. The van der Waals surface area contributed by atoms with Crippen LogP contribution in [0.3, 0.4) is 0 Å². The molecule has 1 aliphatic rings. The van der Waals surface area contributed by atoms with Crippen LogP contribution >= 0.6 is 11.6 Å². The molecule has 8 nitrogen and oxygen atoms in total. The van der Waals surface area contributed by atoms with Gasteiger partial charge in [-0.1, -0.05) is 36.7 Å². The van der Waals surface area contributed by atoms with E-state index in [0.29, 0.717) is 45.6 Å². The van der Waals surface area contributed by atoms with Crippen molar-refractivity contribution in [3.05, 3.63) is 93.8 Å². The average Bonchev–Trinajstić information content (AvgIpc) is 2.92. The lowest BCUT2D eigenvalue weighted by molar-refractivity contribution is -0.130. The minimum atomic E-state index is -0.849. The zero-order valence-electron chi connectivity index (χ0n) is 21.3. The van der Waals surface area contributed by atoms with Crippen molar-refractivity contribution in [1.82, 2.24) is 10.2 Å². The van der Waals surface area contributed by atoms with Crippen LogP contribution in [0.2, 0.25) is 5.02 Å². The van der Waals surface area contributed by atoms with Crippen LogP contribution in [0.5, 0.6) is 17.2 Å². The van der Waals surface area contributed by atoms with Crippen molar-refractivity contribution in [2.24, 2.45) is 0 Å². The maximum atomic E-state index is 13.5. The Balaban J connectivity index is 1.59. The van der Waals surface area contributed by atoms with Gasteiger partial charge in [-0.25, -0.2) is 9.18 Å². The summed E-state index contributed by atoms with van der Waals surface area (Å²) in [6.07, 6.45) is 2.13. The summed E-state index contributed by atoms with van der Waals surface area (Å²) in [5.74, 6) is -0.725. The molecule has 202 valence electrons. The van der Waals surface area contributed by atoms with Crippen molar-refractivity contribution in [2.45, 2.75) is 26.5 Å². The molecule has 0 atom stereocenters. The highest BCUT2D eigenvalue weighted by molar-refractivity contribution is 6.32. The van der Waals surface area contributed by atoms with Crippen LogP contribution < -0.4 is 19.5 Å². The SMILES string of the molecule is CCCOc1ccc(CN2C(=O)NC(=O)/C(=C\c3cc(Cl)ccc3OCc3cccc(F)c3)C2=O)cc1OC. The smallest absolute Gasteiger partial charge is 0.331 e. The number of amides is 4. The van der Waals surface area contributed by atoms with E-state index >= 15 is 0 Å². The third kappa shape index (κ3) is 6.74. The quantitative estimate of drug-likeness (QED) is 0.263. The fraction of sp³-hybridized carbons (Fsp3) is 0.207. The van der Waals surface area contributed by atoms with E-state index in [1.54, 1.807) is 42.5 Å². The third-order valence-corrected chi connectivity index (χ3v) is 6.01. The number of nitrogens with one attached hydrogen (secondary N) is 1. The fourth-order valence-electron chi connectivity index (χ4n) is 3.87. The second-order valence-electron chi connectivity index (χ2n) is 8.64. The summed E-state index contributed by atoms with van der Waals surface area (Å²) in [4.78, 5) is 39.5. The first-order valence-corrected chi connectivity index (χ1v) is 12.5. The van der Waals surface area contributed by atoms with Crippen molar-refractivity contribution >= 4 is 35.5 Å². The maximum Gasteiger partial charge on any atom is 0.331 e. The van der Waals surface area contributed by atoms with E-state index in [9.17, 15) is 18.8 Å².